The number of hydrogen-bond acceptors (Lipinski definition) is 9. The molecular formula is C28H21N5O5S2. The largest absolute Gasteiger partial charge is 0.497 e. The van der Waals surface area contributed by atoms with Crippen LogP contribution in [-0.2, 0) is 4.79 Å². The number of amides is 1. The molecule has 0 N–H and O–H groups in total. The van der Waals surface area contributed by atoms with Gasteiger partial charge in [0, 0.05) is 30.1 Å². The van der Waals surface area contributed by atoms with Crippen LogP contribution in [0.15, 0.2) is 87.6 Å². The predicted octanol–water partition coefficient (Wildman–Crippen LogP) is 3.70. The van der Waals surface area contributed by atoms with Crippen LogP contribution in [0.3, 0.4) is 0 Å². The van der Waals surface area contributed by atoms with E-state index in [1.165, 1.54) is 45.9 Å². The lowest BCUT2D eigenvalue weighted by molar-refractivity contribution is -0.384. The first-order valence-corrected chi connectivity index (χ1v) is 13.7. The molecule has 0 atom stereocenters. The third-order valence-electron chi connectivity index (χ3n) is 6.56. The molecular weight excluding hydrogens is 550 g/mol. The summed E-state index contributed by atoms with van der Waals surface area (Å²) in [4.78, 5) is 41.6. The third-order valence-corrected chi connectivity index (χ3v) is 9.08. The summed E-state index contributed by atoms with van der Waals surface area (Å²) in [7, 11) is 3.50. The van der Waals surface area contributed by atoms with Gasteiger partial charge in [0.2, 0.25) is 0 Å². The number of non-ortho nitro benzene ring substituents is 1. The molecule has 0 aliphatic carbocycles. The van der Waals surface area contributed by atoms with Crippen molar-refractivity contribution in [2.45, 2.75) is 11.8 Å². The minimum absolute atomic E-state index is 0.153. The van der Waals surface area contributed by atoms with E-state index >= 15 is 0 Å². The van der Waals surface area contributed by atoms with Gasteiger partial charge in [0.1, 0.15) is 20.0 Å². The summed E-state index contributed by atoms with van der Waals surface area (Å²) >= 11 is 2.70. The van der Waals surface area contributed by atoms with Gasteiger partial charge in [0.05, 0.1) is 40.4 Å². The zero-order valence-corrected chi connectivity index (χ0v) is 23.2. The summed E-state index contributed by atoms with van der Waals surface area (Å²) < 4.78 is 7.83. The fourth-order valence-electron chi connectivity index (χ4n) is 4.61. The van der Waals surface area contributed by atoms with Crippen molar-refractivity contribution >= 4 is 62.4 Å². The molecule has 3 heterocycles. The van der Waals surface area contributed by atoms with Crippen molar-refractivity contribution in [2.24, 2.45) is 5.10 Å². The fourth-order valence-corrected chi connectivity index (χ4v) is 7.13. The number of thiazole rings is 1. The van der Waals surface area contributed by atoms with Crippen molar-refractivity contribution in [3.05, 3.63) is 102 Å². The van der Waals surface area contributed by atoms with Crippen molar-refractivity contribution < 1.29 is 14.5 Å². The van der Waals surface area contributed by atoms with E-state index in [0.29, 0.717) is 26.3 Å². The molecule has 40 heavy (non-hydrogen) atoms. The quantitative estimate of drug-likeness (QED) is 0.271. The van der Waals surface area contributed by atoms with Gasteiger partial charge in [-0.05, 0) is 37.3 Å². The molecule has 0 bridgehead atoms. The number of methoxy groups -OCH3 is 1. The maximum atomic E-state index is 14.1. The van der Waals surface area contributed by atoms with E-state index in [2.05, 4.69) is 5.10 Å². The highest BCUT2D eigenvalue weighted by Crippen LogP contribution is 2.46. The number of rotatable bonds is 4. The van der Waals surface area contributed by atoms with Crippen LogP contribution in [0.2, 0.25) is 0 Å². The lowest BCUT2D eigenvalue weighted by Gasteiger charge is -2.13. The molecule has 1 aromatic heterocycles. The highest BCUT2D eigenvalue weighted by molar-refractivity contribution is 8.08. The van der Waals surface area contributed by atoms with Gasteiger partial charge in [-0.3, -0.25) is 24.3 Å². The molecule has 12 heteroatoms. The first-order chi connectivity index (χ1) is 19.3. The zero-order chi connectivity index (χ0) is 28.1. The van der Waals surface area contributed by atoms with E-state index in [9.17, 15) is 19.7 Å². The maximum Gasteiger partial charge on any atom is 0.283 e. The number of hydrogen-bond donors (Lipinski definition) is 0. The second kappa shape index (κ2) is 9.81. The number of fused-ring (bicyclic) bond motifs is 1. The second-order valence-electron chi connectivity index (χ2n) is 8.97. The summed E-state index contributed by atoms with van der Waals surface area (Å²) in [6, 6.07) is 20.6. The number of ether oxygens (including phenoxy) is 1. The van der Waals surface area contributed by atoms with Crippen LogP contribution in [0.25, 0.3) is 16.3 Å². The van der Waals surface area contributed by atoms with Gasteiger partial charge in [-0.25, -0.2) is 0 Å². The molecule has 10 nitrogen and oxygen atoms in total. The van der Waals surface area contributed by atoms with E-state index in [4.69, 9.17) is 4.74 Å². The topological polar surface area (TPSA) is 110 Å². The van der Waals surface area contributed by atoms with Crippen LogP contribution in [-0.4, -0.2) is 35.3 Å². The monoisotopic (exact) mass is 571 g/mol. The standard InChI is InChI=1S/C28H21N5O5S2/c1-16-23(25(34)32(29-16)18-10-7-11-19(14-18)33(36)37)27-31(17-8-5-4-6-9-17)26(35)24(40-27)28-30(2)21-15-20(38-3)12-13-22(21)39-28/h4-15H,1-3H3. The number of carbonyl (C=O) groups is 1. The number of aromatic nitrogens is 1. The molecule has 3 aromatic carbocycles. The summed E-state index contributed by atoms with van der Waals surface area (Å²) in [5.41, 5.74) is 2.04. The lowest BCUT2D eigenvalue weighted by atomic mass is 10.2. The Balaban J connectivity index is 1.59. The van der Waals surface area contributed by atoms with Gasteiger partial charge in [-0.15, -0.1) is 11.3 Å². The Morgan fingerprint density at radius 1 is 0.975 bits per heavy atom. The van der Waals surface area contributed by atoms with E-state index in [0.717, 1.165) is 20.6 Å². The molecule has 0 radical (unpaired) electrons. The van der Waals surface area contributed by atoms with Crippen LogP contribution in [0.1, 0.15) is 6.92 Å². The lowest BCUT2D eigenvalue weighted by Crippen LogP contribution is -2.34. The molecule has 0 saturated carbocycles. The molecule has 2 aliphatic rings. The average molecular weight is 572 g/mol. The fraction of sp³-hybridized carbons (Fsp3) is 0.107. The number of thioether (sulfide) groups is 1. The average Bonchev–Trinajstić information content (AvgIpc) is 3.58. The van der Waals surface area contributed by atoms with Gasteiger partial charge in [0.15, 0.2) is 0 Å². The van der Waals surface area contributed by atoms with Crippen LogP contribution in [0.4, 0.5) is 17.1 Å². The van der Waals surface area contributed by atoms with Gasteiger partial charge >= 0.3 is 0 Å². The molecule has 6 rings (SSSR count). The van der Waals surface area contributed by atoms with Crippen molar-refractivity contribution in [1.82, 2.24) is 4.57 Å². The van der Waals surface area contributed by atoms with Gasteiger partial charge in [-0.1, -0.05) is 36.0 Å². The zero-order valence-electron chi connectivity index (χ0n) is 21.5. The van der Waals surface area contributed by atoms with Crippen LogP contribution >= 0.6 is 23.1 Å². The Morgan fingerprint density at radius 3 is 2.45 bits per heavy atom. The number of carbonyl (C=O) groups excluding carboxylic acids is 1. The van der Waals surface area contributed by atoms with E-state index < -0.39 is 10.8 Å². The molecule has 1 amide bonds. The molecule has 0 saturated heterocycles. The molecule has 200 valence electrons. The Morgan fingerprint density at radius 2 is 1.73 bits per heavy atom. The van der Waals surface area contributed by atoms with Crippen molar-refractivity contribution in [1.29, 1.82) is 0 Å². The van der Waals surface area contributed by atoms with Crippen LogP contribution in [0.5, 0.6) is 5.75 Å². The molecule has 0 spiro atoms. The highest BCUT2D eigenvalue weighted by atomic mass is 32.2. The summed E-state index contributed by atoms with van der Waals surface area (Å²) in [5, 5.41) is 17.6. The van der Waals surface area contributed by atoms with Crippen molar-refractivity contribution in [2.75, 3.05) is 24.1 Å². The number of para-hydroxylation sites is 1. The number of nitro benzene ring substituents is 1. The number of hydrazone groups is 1. The number of nitrogens with zero attached hydrogens (tertiary/aromatic N) is 5. The van der Waals surface area contributed by atoms with Crippen LogP contribution < -0.4 is 29.4 Å². The minimum Gasteiger partial charge on any atom is -0.497 e. The van der Waals surface area contributed by atoms with E-state index in [1.54, 1.807) is 20.1 Å². The van der Waals surface area contributed by atoms with E-state index in [1.807, 2.05) is 60.5 Å². The molecule has 0 fully saturated rings. The first-order valence-electron chi connectivity index (χ1n) is 12.1. The Kier molecular flexibility index (Phi) is 6.28. The SMILES string of the molecule is COc1ccc2c(c1)N(C)C(=c1sc(=C3C(=O)N(c4cccc([N+](=O)[O-])c4)N=C3C)n(-c3ccccc3)c1=O)S2. The summed E-state index contributed by atoms with van der Waals surface area (Å²) in [6.07, 6.45) is 0. The van der Waals surface area contributed by atoms with Crippen molar-refractivity contribution in [3.63, 3.8) is 0 Å². The summed E-state index contributed by atoms with van der Waals surface area (Å²) in [6.45, 7) is 1.69. The van der Waals surface area contributed by atoms with Crippen molar-refractivity contribution in [3.8, 4) is 11.4 Å². The Labute approximate surface area is 235 Å². The smallest absolute Gasteiger partial charge is 0.283 e. The Bertz CT molecular complexity index is 1930. The molecule has 2 aliphatic heterocycles. The number of anilines is 2. The molecule has 4 aromatic rings. The summed E-state index contributed by atoms with van der Waals surface area (Å²) in [5.74, 6) is 0.238. The first kappa shape index (κ1) is 25.6. The number of nitro groups is 1. The predicted molar refractivity (Wildman–Crippen MR) is 157 cm³/mol. The third kappa shape index (κ3) is 4.08. The highest BCUT2D eigenvalue weighted by Gasteiger charge is 2.33. The normalized spacial score (nSPS) is 17.3. The van der Waals surface area contributed by atoms with Gasteiger partial charge in [0.25, 0.3) is 17.2 Å². The number of benzene rings is 3. The van der Waals surface area contributed by atoms with Gasteiger partial charge < -0.3 is 9.64 Å². The van der Waals surface area contributed by atoms with E-state index in [-0.39, 0.29) is 22.5 Å². The van der Waals surface area contributed by atoms with Gasteiger partial charge in [-0.2, -0.15) is 10.1 Å². The minimum atomic E-state index is -0.523. The maximum absolute atomic E-state index is 14.1. The second-order valence-corrected chi connectivity index (χ2v) is 11.0. The molecule has 0 unspecified atom stereocenters. The Hall–Kier alpha value is -4.68. The van der Waals surface area contributed by atoms with Crippen LogP contribution in [0, 0.1) is 10.1 Å².